The van der Waals surface area contributed by atoms with Crippen LogP contribution < -0.4 is 15.5 Å². The van der Waals surface area contributed by atoms with Crippen molar-refractivity contribution >= 4 is 17.5 Å². The summed E-state index contributed by atoms with van der Waals surface area (Å²) in [5.74, 6) is -0.0301. The predicted octanol–water partition coefficient (Wildman–Crippen LogP) is 3.17. The van der Waals surface area contributed by atoms with Crippen molar-refractivity contribution in [2.45, 2.75) is 45.2 Å². The molecule has 5 nitrogen and oxygen atoms in total. The number of nitrogens with one attached hydrogen (secondary N) is 2. The molecule has 0 unspecified atom stereocenters. The number of amides is 2. The molecule has 0 spiro atoms. The van der Waals surface area contributed by atoms with Crippen LogP contribution in [-0.2, 0) is 29.1 Å². The molecule has 2 aromatic rings. The molecule has 1 saturated carbocycles. The Morgan fingerprint density at radius 2 is 1.66 bits per heavy atom. The highest BCUT2D eigenvalue weighted by atomic mass is 16.2. The van der Waals surface area contributed by atoms with E-state index in [0.717, 1.165) is 50.8 Å². The molecule has 0 saturated heterocycles. The van der Waals surface area contributed by atoms with Gasteiger partial charge in [0.2, 0.25) is 11.8 Å². The van der Waals surface area contributed by atoms with Gasteiger partial charge in [0, 0.05) is 31.2 Å². The van der Waals surface area contributed by atoms with Crippen LogP contribution >= 0.6 is 0 Å². The molecule has 0 atom stereocenters. The third kappa shape index (κ3) is 4.97. The lowest BCUT2D eigenvalue weighted by Crippen LogP contribution is -2.38. The lowest BCUT2D eigenvalue weighted by Gasteiger charge is -2.19. The first-order chi connectivity index (χ1) is 14.2. The summed E-state index contributed by atoms with van der Waals surface area (Å²) in [4.78, 5) is 26.4. The Balaban J connectivity index is 1.21. The average Bonchev–Trinajstić information content (AvgIpc) is 3.42. The molecule has 2 N–H and O–H groups in total. The molecular weight excluding hydrogens is 362 g/mol. The third-order valence-corrected chi connectivity index (χ3v) is 6.02. The third-order valence-electron chi connectivity index (χ3n) is 6.02. The van der Waals surface area contributed by atoms with E-state index in [9.17, 15) is 9.59 Å². The van der Waals surface area contributed by atoms with Crippen LogP contribution in [0.2, 0.25) is 0 Å². The van der Waals surface area contributed by atoms with E-state index in [-0.39, 0.29) is 24.3 Å². The van der Waals surface area contributed by atoms with Gasteiger partial charge in [-0.25, -0.2) is 0 Å². The highest BCUT2D eigenvalue weighted by molar-refractivity contribution is 5.85. The van der Waals surface area contributed by atoms with Crippen LogP contribution in [0.3, 0.4) is 0 Å². The summed E-state index contributed by atoms with van der Waals surface area (Å²) in [6, 6.07) is 17.0. The normalized spacial score (nSPS) is 15.9. The maximum atomic E-state index is 12.0. The number of carbonyl (C=O) groups excluding carboxylic acids is 2. The van der Waals surface area contributed by atoms with Gasteiger partial charge in [-0.1, -0.05) is 55.3 Å². The summed E-state index contributed by atoms with van der Waals surface area (Å²) >= 11 is 0. The van der Waals surface area contributed by atoms with Crippen molar-refractivity contribution in [2.24, 2.45) is 5.92 Å². The first kappa shape index (κ1) is 19.5. The fourth-order valence-electron chi connectivity index (χ4n) is 4.32. The number of anilines is 1. The maximum Gasteiger partial charge on any atom is 0.239 e. The minimum Gasteiger partial charge on any atom is -0.367 e. The second kappa shape index (κ2) is 9.12. The van der Waals surface area contributed by atoms with Crippen molar-refractivity contribution < 1.29 is 9.59 Å². The number of hydrogen-bond donors (Lipinski definition) is 2. The molecule has 2 aromatic carbocycles. The maximum absolute atomic E-state index is 12.0. The summed E-state index contributed by atoms with van der Waals surface area (Å²) in [5, 5.41) is 5.65. The summed E-state index contributed by atoms with van der Waals surface area (Å²) in [6.07, 6.45) is 5.23. The van der Waals surface area contributed by atoms with Crippen LogP contribution in [0.4, 0.5) is 5.69 Å². The second-order valence-electron chi connectivity index (χ2n) is 8.09. The zero-order chi connectivity index (χ0) is 20.1. The van der Waals surface area contributed by atoms with Gasteiger partial charge in [0.25, 0.3) is 0 Å². The Kier molecular flexibility index (Phi) is 6.13. The molecule has 1 aliphatic carbocycles. The lowest BCUT2D eigenvalue weighted by molar-refractivity contribution is -0.128. The van der Waals surface area contributed by atoms with E-state index in [1.54, 1.807) is 0 Å². The van der Waals surface area contributed by atoms with Crippen molar-refractivity contribution in [2.75, 3.05) is 18.0 Å². The van der Waals surface area contributed by atoms with Gasteiger partial charge < -0.3 is 15.5 Å². The van der Waals surface area contributed by atoms with Gasteiger partial charge >= 0.3 is 0 Å². The van der Waals surface area contributed by atoms with Crippen LogP contribution in [0.1, 0.15) is 42.4 Å². The fourth-order valence-corrected chi connectivity index (χ4v) is 4.32. The molecule has 5 heteroatoms. The summed E-state index contributed by atoms with van der Waals surface area (Å²) in [6.45, 7) is 2.49. The molecular formula is C24H29N3O2. The van der Waals surface area contributed by atoms with E-state index in [1.807, 2.05) is 0 Å². The van der Waals surface area contributed by atoms with Crippen molar-refractivity contribution in [3.63, 3.8) is 0 Å². The van der Waals surface area contributed by atoms with Crippen molar-refractivity contribution in [3.05, 3.63) is 65.2 Å². The lowest BCUT2D eigenvalue weighted by atomic mass is 10.1. The van der Waals surface area contributed by atoms with Crippen LogP contribution in [0.25, 0.3) is 0 Å². The van der Waals surface area contributed by atoms with Crippen LogP contribution in [0, 0.1) is 5.92 Å². The average molecular weight is 392 g/mol. The Morgan fingerprint density at radius 1 is 0.931 bits per heavy atom. The molecule has 0 aromatic heterocycles. The highest BCUT2D eigenvalue weighted by Gasteiger charge is 2.22. The van der Waals surface area contributed by atoms with Crippen molar-refractivity contribution in [1.82, 2.24) is 10.6 Å². The zero-order valence-corrected chi connectivity index (χ0v) is 16.8. The topological polar surface area (TPSA) is 61.4 Å². The molecule has 152 valence electrons. The van der Waals surface area contributed by atoms with Gasteiger partial charge in [0.1, 0.15) is 0 Å². The molecule has 1 heterocycles. The number of para-hydroxylation sites is 1. The van der Waals surface area contributed by atoms with Crippen molar-refractivity contribution in [1.29, 1.82) is 0 Å². The van der Waals surface area contributed by atoms with Gasteiger partial charge in [0.15, 0.2) is 0 Å². The van der Waals surface area contributed by atoms with Crippen LogP contribution in [0.5, 0.6) is 0 Å². The molecule has 1 aliphatic heterocycles. The highest BCUT2D eigenvalue weighted by Crippen LogP contribution is 2.28. The van der Waals surface area contributed by atoms with Crippen LogP contribution in [-0.4, -0.2) is 24.9 Å². The number of nitrogens with zero attached hydrogens (tertiary/aromatic N) is 1. The molecule has 2 amide bonds. The Morgan fingerprint density at radius 3 is 2.45 bits per heavy atom. The number of carbonyl (C=O) groups is 2. The molecule has 1 fully saturated rings. The van der Waals surface area contributed by atoms with Gasteiger partial charge in [0.05, 0.1) is 6.54 Å². The molecule has 2 aliphatic rings. The largest absolute Gasteiger partial charge is 0.367 e. The molecule has 0 radical (unpaired) electrons. The SMILES string of the molecule is O=C(CNC(=O)C1CCCC1)NCc1ccc(CN2CCc3ccccc32)cc1. The van der Waals surface area contributed by atoms with Crippen molar-refractivity contribution in [3.8, 4) is 0 Å². The van der Waals surface area contributed by atoms with Crippen LogP contribution in [0.15, 0.2) is 48.5 Å². The van der Waals surface area contributed by atoms with Gasteiger partial charge in [-0.15, -0.1) is 0 Å². The van der Waals surface area contributed by atoms with E-state index in [2.05, 4.69) is 64.1 Å². The second-order valence-corrected chi connectivity index (χ2v) is 8.09. The Hall–Kier alpha value is -2.82. The minimum atomic E-state index is -0.144. The van der Waals surface area contributed by atoms with Gasteiger partial charge in [-0.2, -0.15) is 0 Å². The standard InChI is InChI=1S/C24H29N3O2/c28-23(16-26-24(29)21-6-1-2-7-21)25-15-18-9-11-19(12-10-18)17-27-14-13-20-5-3-4-8-22(20)27/h3-5,8-12,21H,1-2,6-7,13-17H2,(H,25,28)(H,26,29). The summed E-state index contributed by atoms with van der Waals surface area (Å²) in [7, 11) is 0. The fraction of sp³-hybridized carbons (Fsp3) is 0.417. The van der Waals surface area contributed by atoms with E-state index < -0.39 is 0 Å². The number of rotatable bonds is 7. The summed E-state index contributed by atoms with van der Waals surface area (Å²) < 4.78 is 0. The number of hydrogen-bond acceptors (Lipinski definition) is 3. The summed E-state index contributed by atoms with van der Waals surface area (Å²) in [5.41, 5.74) is 5.09. The van der Waals surface area contributed by atoms with E-state index >= 15 is 0 Å². The first-order valence-electron chi connectivity index (χ1n) is 10.6. The molecule has 4 rings (SSSR count). The predicted molar refractivity (Wildman–Crippen MR) is 114 cm³/mol. The van der Waals surface area contributed by atoms with E-state index in [0.29, 0.717) is 6.54 Å². The van der Waals surface area contributed by atoms with Gasteiger partial charge in [-0.3, -0.25) is 9.59 Å². The molecule has 0 bridgehead atoms. The number of benzene rings is 2. The van der Waals surface area contributed by atoms with E-state index in [1.165, 1.54) is 16.8 Å². The monoisotopic (exact) mass is 391 g/mol. The Bertz CT molecular complexity index is 857. The number of fused-ring (bicyclic) bond motifs is 1. The quantitative estimate of drug-likeness (QED) is 0.762. The smallest absolute Gasteiger partial charge is 0.239 e. The van der Waals surface area contributed by atoms with E-state index in [4.69, 9.17) is 0 Å². The minimum absolute atomic E-state index is 0.0190. The first-order valence-corrected chi connectivity index (χ1v) is 10.6. The molecule has 29 heavy (non-hydrogen) atoms. The Labute approximate surface area is 172 Å². The van der Waals surface area contributed by atoms with Gasteiger partial charge in [-0.05, 0) is 42.0 Å². The zero-order valence-electron chi connectivity index (χ0n) is 16.8.